The summed E-state index contributed by atoms with van der Waals surface area (Å²) in [4.78, 5) is 16.8. The van der Waals surface area contributed by atoms with Crippen molar-refractivity contribution in [2.75, 3.05) is 22.1 Å². The predicted octanol–water partition coefficient (Wildman–Crippen LogP) is 3.11. The summed E-state index contributed by atoms with van der Waals surface area (Å²) in [6, 6.07) is 15.4. The molecule has 2 aliphatic rings. The highest BCUT2D eigenvalue weighted by Gasteiger charge is 2.42. The first-order chi connectivity index (χ1) is 13.9. The van der Waals surface area contributed by atoms with Gasteiger partial charge in [0.2, 0.25) is 5.91 Å². The van der Waals surface area contributed by atoms with E-state index in [4.69, 9.17) is 0 Å². The van der Waals surface area contributed by atoms with Crippen LogP contribution in [0.25, 0.3) is 0 Å². The van der Waals surface area contributed by atoms with Gasteiger partial charge in [-0.15, -0.1) is 0 Å². The number of carbonyl (C=O) groups excluding carboxylic acids is 1. The molecular formula is C21H23N3O3S2. The predicted molar refractivity (Wildman–Crippen MR) is 119 cm³/mol. The number of benzene rings is 2. The molecule has 29 heavy (non-hydrogen) atoms. The second kappa shape index (κ2) is 8.20. The summed E-state index contributed by atoms with van der Waals surface area (Å²) < 4.78 is 23.3. The Morgan fingerprint density at radius 2 is 1.69 bits per heavy atom. The number of aryl methyl sites for hydroxylation is 1. The van der Waals surface area contributed by atoms with E-state index in [1.807, 2.05) is 48.5 Å². The highest BCUT2D eigenvalue weighted by molar-refractivity contribution is 8.15. The molecule has 8 heteroatoms. The summed E-state index contributed by atoms with van der Waals surface area (Å²) in [5, 5.41) is 6.95. The number of sulfone groups is 1. The topological polar surface area (TPSA) is 87.6 Å². The molecule has 1 amide bonds. The fourth-order valence-corrected chi connectivity index (χ4v) is 7.14. The summed E-state index contributed by atoms with van der Waals surface area (Å²) in [5.41, 5.74) is 3.83. The van der Waals surface area contributed by atoms with Gasteiger partial charge in [0, 0.05) is 16.6 Å². The molecule has 0 aliphatic carbocycles. The summed E-state index contributed by atoms with van der Waals surface area (Å²) in [6.45, 7) is 2.10. The van der Waals surface area contributed by atoms with Crippen LogP contribution in [0.5, 0.6) is 0 Å². The third-order valence-corrected chi connectivity index (χ3v) is 8.18. The van der Waals surface area contributed by atoms with Crippen LogP contribution in [0.2, 0.25) is 0 Å². The molecule has 2 aromatic rings. The van der Waals surface area contributed by atoms with Crippen LogP contribution in [0.4, 0.5) is 11.4 Å². The van der Waals surface area contributed by atoms with E-state index in [0.717, 1.165) is 28.5 Å². The van der Waals surface area contributed by atoms with Crippen molar-refractivity contribution in [2.24, 2.45) is 4.99 Å². The Morgan fingerprint density at radius 3 is 2.34 bits per heavy atom. The maximum absolute atomic E-state index is 12.3. The molecule has 2 aromatic carbocycles. The van der Waals surface area contributed by atoms with Crippen molar-refractivity contribution < 1.29 is 13.2 Å². The van der Waals surface area contributed by atoms with Crippen molar-refractivity contribution in [1.82, 2.24) is 0 Å². The van der Waals surface area contributed by atoms with Crippen LogP contribution in [-0.2, 0) is 27.5 Å². The molecule has 0 unspecified atom stereocenters. The maximum Gasteiger partial charge on any atom is 0.228 e. The number of nitrogens with one attached hydrogen (secondary N) is 2. The van der Waals surface area contributed by atoms with E-state index in [1.165, 1.54) is 17.3 Å². The Morgan fingerprint density at radius 1 is 1.03 bits per heavy atom. The first-order valence-corrected chi connectivity index (χ1v) is 12.3. The van der Waals surface area contributed by atoms with Crippen LogP contribution in [-0.4, -0.2) is 42.3 Å². The lowest BCUT2D eigenvalue weighted by molar-refractivity contribution is -0.115. The van der Waals surface area contributed by atoms with Crippen LogP contribution in [0.1, 0.15) is 18.1 Å². The molecule has 0 aromatic heterocycles. The SMILES string of the molecule is CCc1ccc(NC(=O)Cc2ccc(NC3=N[C@@H]4CS(=O)(=O)C[C@H]4S3)cc2)cc1. The number of amides is 1. The van der Waals surface area contributed by atoms with Gasteiger partial charge in [0.05, 0.1) is 24.0 Å². The third kappa shape index (κ3) is 5.00. The van der Waals surface area contributed by atoms with E-state index >= 15 is 0 Å². The minimum atomic E-state index is -2.94. The number of rotatable bonds is 5. The van der Waals surface area contributed by atoms with Gasteiger partial charge in [-0.3, -0.25) is 9.79 Å². The van der Waals surface area contributed by atoms with E-state index in [0.29, 0.717) is 6.42 Å². The molecule has 0 radical (unpaired) electrons. The summed E-state index contributed by atoms with van der Waals surface area (Å²) in [5.74, 6) is 0.289. The molecule has 1 fully saturated rings. The smallest absolute Gasteiger partial charge is 0.228 e. The van der Waals surface area contributed by atoms with E-state index in [-0.39, 0.29) is 28.7 Å². The average Bonchev–Trinajstić information content (AvgIpc) is 3.16. The summed E-state index contributed by atoms with van der Waals surface area (Å²) in [6.07, 6.45) is 1.27. The standard InChI is InChI=1S/C21H23N3O3S2/c1-2-14-3-7-16(8-4-14)22-20(25)11-15-5-9-17(10-6-15)23-21-24-18-12-29(26,27)13-19(18)28-21/h3-10,18-19H,2,11-13H2,1H3,(H,22,25)(H,23,24)/t18-,19-/m1/s1. The van der Waals surface area contributed by atoms with Crippen molar-refractivity contribution in [3.05, 3.63) is 59.7 Å². The lowest BCUT2D eigenvalue weighted by Crippen LogP contribution is -2.14. The van der Waals surface area contributed by atoms with Crippen molar-refractivity contribution in [2.45, 2.75) is 31.1 Å². The number of nitrogens with zero attached hydrogens (tertiary/aromatic N) is 1. The number of carbonyl (C=O) groups is 1. The molecule has 2 aliphatic heterocycles. The van der Waals surface area contributed by atoms with Crippen molar-refractivity contribution in [3.63, 3.8) is 0 Å². The Kier molecular flexibility index (Phi) is 5.65. The number of amidine groups is 1. The molecule has 2 N–H and O–H groups in total. The second-order valence-electron chi connectivity index (χ2n) is 7.33. The number of aliphatic imine (C=N–C) groups is 1. The Hall–Kier alpha value is -2.32. The van der Waals surface area contributed by atoms with Gasteiger partial charge in [-0.1, -0.05) is 43.0 Å². The van der Waals surface area contributed by atoms with Crippen LogP contribution >= 0.6 is 11.8 Å². The lowest BCUT2D eigenvalue weighted by atomic mass is 10.1. The number of hydrogen-bond acceptors (Lipinski definition) is 6. The van der Waals surface area contributed by atoms with E-state index in [1.54, 1.807) is 0 Å². The minimum Gasteiger partial charge on any atom is -0.335 e. The molecule has 0 saturated carbocycles. The van der Waals surface area contributed by atoms with Crippen LogP contribution in [0, 0.1) is 0 Å². The van der Waals surface area contributed by atoms with Crippen LogP contribution in [0.15, 0.2) is 53.5 Å². The zero-order valence-corrected chi connectivity index (χ0v) is 17.7. The highest BCUT2D eigenvalue weighted by Crippen LogP contribution is 2.34. The maximum atomic E-state index is 12.3. The molecule has 4 rings (SSSR count). The Balaban J connectivity index is 1.30. The number of thioether (sulfide) groups is 1. The molecular weight excluding hydrogens is 406 g/mol. The third-order valence-electron chi connectivity index (χ3n) is 5.03. The van der Waals surface area contributed by atoms with E-state index in [2.05, 4.69) is 22.5 Å². The van der Waals surface area contributed by atoms with Crippen molar-refractivity contribution in [3.8, 4) is 0 Å². The van der Waals surface area contributed by atoms with Crippen LogP contribution in [0.3, 0.4) is 0 Å². The Bertz CT molecular complexity index is 1030. The fraction of sp³-hybridized carbons (Fsp3) is 0.333. The highest BCUT2D eigenvalue weighted by atomic mass is 32.2. The quantitative estimate of drug-likeness (QED) is 0.763. The zero-order chi connectivity index (χ0) is 20.4. The van der Waals surface area contributed by atoms with Gasteiger partial charge in [-0.2, -0.15) is 0 Å². The molecule has 152 valence electrons. The monoisotopic (exact) mass is 429 g/mol. The van der Waals surface area contributed by atoms with E-state index in [9.17, 15) is 13.2 Å². The van der Waals surface area contributed by atoms with Gasteiger partial charge < -0.3 is 10.6 Å². The number of fused-ring (bicyclic) bond motifs is 1. The first kappa shape index (κ1) is 20.0. The fourth-order valence-electron chi connectivity index (χ4n) is 3.46. The summed E-state index contributed by atoms with van der Waals surface area (Å²) in [7, 11) is -2.94. The van der Waals surface area contributed by atoms with Gasteiger partial charge in [-0.05, 0) is 41.8 Å². The van der Waals surface area contributed by atoms with Crippen molar-refractivity contribution in [1.29, 1.82) is 0 Å². The van der Waals surface area contributed by atoms with Gasteiger partial charge in [0.15, 0.2) is 15.0 Å². The first-order valence-electron chi connectivity index (χ1n) is 9.60. The molecule has 1 saturated heterocycles. The van der Waals surface area contributed by atoms with Gasteiger partial charge in [0.1, 0.15) is 0 Å². The molecule has 6 nitrogen and oxygen atoms in total. The molecule has 0 spiro atoms. The zero-order valence-electron chi connectivity index (χ0n) is 16.1. The normalized spacial score (nSPS) is 22.0. The van der Waals surface area contributed by atoms with Gasteiger partial charge >= 0.3 is 0 Å². The molecule has 0 bridgehead atoms. The Labute approximate surface area is 175 Å². The number of hydrogen-bond donors (Lipinski definition) is 2. The number of anilines is 2. The largest absolute Gasteiger partial charge is 0.335 e. The second-order valence-corrected chi connectivity index (χ2v) is 10.7. The van der Waals surface area contributed by atoms with Gasteiger partial charge in [-0.25, -0.2) is 8.42 Å². The van der Waals surface area contributed by atoms with Gasteiger partial charge in [0.25, 0.3) is 0 Å². The molecule has 2 atom stereocenters. The average molecular weight is 430 g/mol. The molecule has 2 heterocycles. The lowest BCUT2D eigenvalue weighted by Gasteiger charge is -2.09. The van der Waals surface area contributed by atoms with Crippen LogP contribution < -0.4 is 10.6 Å². The van der Waals surface area contributed by atoms with E-state index < -0.39 is 9.84 Å². The summed E-state index contributed by atoms with van der Waals surface area (Å²) >= 11 is 1.49. The van der Waals surface area contributed by atoms with Crippen molar-refractivity contribution >= 4 is 44.0 Å². The minimum absolute atomic E-state index is 0.0249.